The fourth-order valence-electron chi connectivity index (χ4n) is 4.37. The van der Waals surface area contributed by atoms with Gasteiger partial charge < -0.3 is 19.7 Å². The topological polar surface area (TPSA) is 65.6 Å². The van der Waals surface area contributed by atoms with Gasteiger partial charge in [-0.05, 0) is 60.9 Å². The number of hydrogen-bond acceptors (Lipinski definition) is 4. The van der Waals surface area contributed by atoms with Gasteiger partial charge in [0.25, 0.3) is 0 Å². The molecule has 0 bridgehead atoms. The zero-order valence-electron chi connectivity index (χ0n) is 20.0. The molecular weight excluding hydrogens is 467 g/mol. The maximum Gasteiger partial charge on any atom is 0.200 e. The number of fused-ring (bicyclic) bond motifs is 1. The first-order valence-electron chi connectivity index (χ1n) is 11.7. The molecule has 1 heterocycles. The number of benzene rings is 3. The van der Waals surface area contributed by atoms with Crippen LogP contribution in [0.5, 0.6) is 11.6 Å². The van der Waals surface area contributed by atoms with E-state index in [4.69, 9.17) is 16.3 Å². The van der Waals surface area contributed by atoms with Gasteiger partial charge in [-0.25, -0.2) is 4.39 Å². The number of nitrogens with one attached hydrogen (secondary N) is 1. The Morgan fingerprint density at radius 2 is 1.74 bits per heavy atom. The second kappa shape index (κ2) is 10.4. The van der Waals surface area contributed by atoms with E-state index in [1.54, 1.807) is 12.1 Å². The summed E-state index contributed by atoms with van der Waals surface area (Å²) in [5, 5.41) is 11.5. The summed E-state index contributed by atoms with van der Waals surface area (Å²) in [5.41, 5.74) is 3.46. The Morgan fingerprint density at radius 1 is 1.06 bits per heavy atom. The Labute approximate surface area is 209 Å². The number of nitrogens with zero attached hydrogens (tertiary/aromatic N) is 1. The van der Waals surface area contributed by atoms with E-state index in [-0.39, 0.29) is 22.8 Å². The third-order valence-electron chi connectivity index (χ3n) is 6.04. The fraction of sp³-hybridized carbons (Fsp3) is 0.250. The summed E-state index contributed by atoms with van der Waals surface area (Å²) in [6.07, 6.45) is 2.13. The van der Waals surface area contributed by atoms with Crippen molar-refractivity contribution in [2.75, 3.05) is 25.1 Å². The molecule has 1 aromatic heterocycles. The minimum atomic E-state index is -0.651. The molecule has 0 fully saturated rings. The predicted molar refractivity (Wildman–Crippen MR) is 140 cm³/mol. The molecule has 7 heteroatoms. The van der Waals surface area contributed by atoms with Crippen LogP contribution >= 0.6 is 11.6 Å². The number of hydrogen-bond donors (Lipinski definition) is 2. The smallest absolute Gasteiger partial charge is 0.200 e. The lowest BCUT2D eigenvalue weighted by atomic mass is 9.98. The molecule has 0 spiro atoms. The van der Waals surface area contributed by atoms with Crippen LogP contribution in [-0.2, 0) is 0 Å². The van der Waals surface area contributed by atoms with Gasteiger partial charge >= 0.3 is 0 Å². The Bertz CT molecular complexity index is 1360. The number of halogens is 2. The van der Waals surface area contributed by atoms with Gasteiger partial charge in [0, 0.05) is 35.3 Å². The monoisotopic (exact) mass is 494 g/mol. The van der Waals surface area contributed by atoms with E-state index in [1.165, 1.54) is 19.2 Å². The van der Waals surface area contributed by atoms with Crippen LogP contribution in [-0.4, -0.2) is 36.1 Å². The molecule has 2 N–H and O–H groups in total. The van der Waals surface area contributed by atoms with Crippen LogP contribution in [0.2, 0.25) is 5.02 Å². The molecule has 5 nitrogen and oxygen atoms in total. The number of rotatable bonds is 9. The molecule has 0 aliphatic rings. The molecule has 0 saturated carbocycles. The molecule has 0 aliphatic heterocycles. The van der Waals surface area contributed by atoms with E-state index in [0.29, 0.717) is 15.9 Å². The van der Waals surface area contributed by atoms with E-state index in [2.05, 4.69) is 35.9 Å². The fourth-order valence-corrected chi connectivity index (χ4v) is 4.64. The van der Waals surface area contributed by atoms with E-state index in [0.717, 1.165) is 48.8 Å². The molecule has 4 rings (SSSR count). The van der Waals surface area contributed by atoms with Crippen molar-refractivity contribution in [3.05, 3.63) is 76.6 Å². The quantitative estimate of drug-likeness (QED) is 0.241. The summed E-state index contributed by atoms with van der Waals surface area (Å²) in [5.74, 6) is -1.41. The van der Waals surface area contributed by atoms with Crippen molar-refractivity contribution in [2.24, 2.45) is 0 Å². The third-order valence-corrected chi connectivity index (χ3v) is 6.35. The third kappa shape index (κ3) is 4.84. The summed E-state index contributed by atoms with van der Waals surface area (Å²) in [6, 6.07) is 15.6. The van der Waals surface area contributed by atoms with Crippen molar-refractivity contribution < 1.29 is 19.0 Å². The molecule has 182 valence electrons. The van der Waals surface area contributed by atoms with Gasteiger partial charge in [-0.1, -0.05) is 37.6 Å². The summed E-state index contributed by atoms with van der Waals surface area (Å²) in [6.45, 7) is 6.30. The average molecular weight is 495 g/mol. The molecule has 0 aliphatic carbocycles. The highest BCUT2D eigenvalue weighted by atomic mass is 35.5. The number of ketones is 1. The Hall–Kier alpha value is -3.51. The Balaban J connectivity index is 1.75. The second-order valence-corrected chi connectivity index (χ2v) is 8.85. The molecule has 0 saturated heterocycles. The summed E-state index contributed by atoms with van der Waals surface area (Å²) in [4.78, 5) is 18.4. The Morgan fingerprint density at radius 3 is 2.34 bits per heavy atom. The average Bonchev–Trinajstić information content (AvgIpc) is 3.17. The Kier molecular flexibility index (Phi) is 7.31. The van der Waals surface area contributed by atoms with Gasteiger partial charge in [-0.3, -0.25) is 4.79 Å². The van der Waals surface area contributed by atoms with Crippen LogP contribution < -0.4 is 9.64 Å². The maximum absolute atomic E-state index is 14.2. The predicted octanol–water partition coefficient (Wildman–Crippen LogP) is 7.20. The van der Waals surface area contributed by atoms with Crippen LogP contribution in [0.15, 0.2) is 54.6 Å². The van der Waals surface area contributed by atoms with Crippen molar-refractivity contribution >= 4 is 34.0 Å². The lowest BCUT2D eigenvalue weighted by Gasteiger charge is -2.24. The van der Waals surface area contributed by atoms with Crippen LogP contribution in [0.3, 0.4) is 0 Å². The second-order valence-electron chi connectivity index (χ2n) is 8.44. The van der Waals surface area contributed by atoms with Gasteiger partial charge in [0.1, 0.15) is 0 Å². The first-order chi connectivity index (χ1) is 16.9. The molecule has 0 unspecified atom stereocenters. The molecule has 35 heavy (non-hydrogen) atoms. The normalized spacial score (nSPS) is 11.1. The SMILES string of the molecule is CCCN(CCC)c1ccc(-c2cc3c(C(=O)c4ccc(OC)c(F)c4)c(O)[nH]c3cc2Cl)cc1. The largest absolute Gasteiger partial charge is 0.494 e. The van der Waals surface area contributed by atoms with Crippen molar-refractivity contribution in [1.82, 2.24) is 4.98 Å². The number of aromatic hydroxyl groups is 1. The summed E-state index contributed by atoms with van der Waals surface area (Å²) >= 11 is 6.59. The number of aromatic amines is 1. The van der Waals surface area contributed by atoms with Crippen molar-refractivity contribution in [3.8, 4) is 22.8 Å². The van der Waals surface area contributed by atoms with Gasteiger partial charge in [-0.15, -0.1) is 0 Å². The van der Waals surface area contributed by atoms with E-state index < -0.39 is 11.6 Å². The van der Waals surface area contributed by atoms with Crippen LogP contribution in [0.4, 0.5) is 10.1 Å². The number of ether oxygens (including phenoxy) is 1. The summed E-state index contributed by atoms with van der Waals surface area (Å²) in [7, 11) is 1.36. The zero-order chi connectivity index (χ0) is 25.1. The van der Waals surface area contributed by atoms with E-state index in [9.17, 15) is 14.3 Å². The highest BCUT2D eigenvalue weighted by Crippen LogP contribution is 2.38. The molecule has 0 radical (unpaired) electrons. The first kappa shape index (κ1) is 24.6. The molecular formula is C28H28ClFN2O3. The van der Waals surface area contributed by atoms with Crippen molar-refractivity contribution in [3.63, 3.8) is 0 Å². The number of aromatic nitrogens is 1. The number of methoxy groups -OCH3 is 1. The van der Waals surface area contributed by atoms with Gasteiger partial charge in [-0.2, -0.15) is 0 Å². The van der Waals surface area contributed by atoms with Crippen molar-refractivity contribution in [1.29, 1.82) is 0 Å². The van der Waals surface area contributed by atoms with Crippen LogP contribution in [0, 0.1) is 5.82 Å². The van der Waals surface area contributed by atoms with E-state index in [1.807, 2.05) is 12.1 Å². The highest BCUT2D eigenvalue weighted by molar-refractivity contribution is 6.34. The molecule has 0 amide bonds. The minimum absolute atomic E-state index is 0.0404. The molecule has 4 aromatic rings. The number of H-pyrrole nitrogens is 1. The number of carbonyl (C=O) groups is 1. The van der Waals surface area contributed by atoms with Crippen LogP contribution in [0.25, 0.3) is 22.0 Å². The number of anilines is 1. The van der Waals surface area contributed by atoms with Gasteiger partial charge in [0.2, 0.25) is 5.88 Å². The summed E-state index contributed by atoms with van der Waals surface area (Å²) < 4.78 is 19.2. The molecule has 3 aromatic carbocycles. The lowest BCUT2D eigenvalue weighted by Crippen LogP contribution is -2.24. The van der Waals surface area contributed by atoms with Crippen LogP contribution in [0.1, 0.15) is 42.6 Å². The minimum Gasteiger partial charge on any atom is -0.494 e. The highest BCUT2D eigenvalue weighted by Gasteiger charge is 2.22. The molecule has 0 atom stereocenters. The van der Waals surface area contributed by atoms with Crippen molar-refractivity contribution in [2.45, 2.75) is 26.7 Å². The standard InChI is InChI=1S/C28H28ClFN2O3/c1-4-12-32(13-5-2)19-9-6-17(7-10-19)20-15-21-24(16-22(20)29)31-28(34)26(21)27(33)18-8-11-25(35-3)23(30)14-18/h6-11,14-16,31,34H,4-5,12-13H2,1-3H3. The van der Waals surface area contributed by atoms with E-state index >= 15 is 0 Å². The number of carbonyl (C=O) groups excluding carboxylic acids is 1. The lowest BCUT2D eigenvalue weighted by molar-refractivity contribution is 0.103. The maximum atomic E-state index is 14.2. The van der Waals surface area contributed by atoms with Gasteiger partial charge in [0.05, 0.1) is 23.2 Å². The zero-order valence-corrected chi connectivity index (χ0v) is 20.7. The van der Waals surface area contributed by atoms with Gasteiger partial charge in [0.15, 0.2) is 17.3 Å². The first-order valence-corrected chi connectivity index (χ1v) is 12.0.